The van der Waals surface area contributed by atoms with Crippen molar-refractivity contribution in [3.8, 4) is 11.6 Å². The molecular weight excluding hydrogens is 466 g/mol. The number of ether oxygens (including phenoxy) is 2. The lowest BCUT2D eigenvalue weighted by Crippen LogP contribution is -2.30. The number of nitrogens with zero attached hydrogens (tertiary/aromatic N) is 1. The minimum absolute atomic E-state index is 0.220. The Kier molecular flexibility index (Phi) is 7.34. The Balaban J connectivity index is 1.57. The number of carbonyl (C=O) groups is 3. The van der Waals surface area contributed by atoms with Gasteiger partial charge in [-0.3, -0.25) is 14.4 Å². The molecular formula is C22H18BrN3O5. The van der Waals surface area contributed by atoms with E-state index in [4.69, 9.17) is 4.74 Å². The third kappa shape index (κ3) is 6.38. The summed E-state index contributed by atoms with van der Waals surface area (Å²) in [5.74, 6) is -0.344. The highest BCUT2D eigenvalue weighted by Gasteiger charge is 2.10. The summed E-state index contributed by atoms with van der Waals surface area (Å²) >= 11 is 3.37. The maximum atomic E-state index is 12.4. The van der Waals surface area contributed by atoms with Crippen LogP contribution in [0.2, 0.25) is 0 Å². The molecule has 0 aliphatic rings. The monoisotopic (exact) mass is 483 g/mol. The van der Waals surface area contributed by atoms with E-state index in [0.717, 1.165) is 4.47 Å². The number of pyridine rings is 1. The molecule has 3 rings (SSSR count). The molecule has 0 saturated carbocycles. The Morgan fingerprint density at radius 3 is 2.35 bits per heavy atom. The van der Waals surface area contributed by atoms with E-state index in [0.29, 0.717) is 28.4 Å². The second-order valence-electron chi connectivity index (χ2n) is 6.23. The zero-order chi connectivity index (χ0) is 22.2. The third-order valence-electron chi connectivity index (χ3n) is 4.04. The number of anilines is 1. The topological polar surface area (TPSA) is 107 Å². The molecule has 3 aromatic rings. The van der Waals surface area contributed by atoms with Crippen molar-refractivity contribution < 1.29 is 23.9 Å². The molecule has 8 nitrogen and oxygen atoms in total. The summed E-state index contributed by atoms with van der Waals surface area (Å²) in [5, 5.41) is 5.17. The van der Waals surface area contributed by atoms with Crippen LogP contribution in [0.25, 0.3) is 0 Å². The van der Waals surface area contributed by atoms with Gasteiger partial charge in [-0.05, 0) is 48.5 Å². The van der Waals surface area contributed by atoms with Crippen molar-refractivity contribution in [3.63, 3.8) is 0 Å². The van der Waals surface area contributed by atoms with Crippen LogP contribution in [0.4, 0.5) is 5.69 Å². The van der Waals surface area contributed by atoms with Crippen LogP contribution < -0.4 is 15.4 Å². The Bertz CT molecular complexity index is 1090. The molecule has 0 spiro atoms. The van der Waals surface area contributed by atoms with Crippen LogP contribution in [-0.2, 0) is 9.53 Å². The Morgan fingerprint density at radius 1 is 0.968 bits per heavy atom. The van der Waals surface area contributed by atoms with E-state index in [1.54, 1.807) is 30.3 Å². The second kappa shape index (κ2) is 10.4. The molecule has 1 aromatic heterocycles. The van der Waals surface area contributed by atoms with Gasteiger partial charge in [-0.25, -0.2) is 4.98 Å². The van der Waals surface area contributed by atoms with Gasteiger partial charge >= 0.3 is 5.97 Å². The summed E-state index contributed by atoms with van der Waals surface area (Å²) in [7, 11) is 1.24. The predicted octanol–water partition coefficient (Wildman–Crippen LogP) is 3.79. The van der Waals surface area contributed by atoms with Crippen LogP contribution >= 0.6 is 15.9 Å². The number of rotatable bonds is 7. The number of hydrogen-bond acceptors (Lipinski definition) is 6. The molecule has 0 unspecified atom stereocenters. The molecule has 0 aliphatic carbocycles. The lowest BCUT2D eigenvalue weighted by Gasteiger charge is -2.08. The molecule has 31 heavy (non-hydrogen) atoms. The van der Waals surface area contributed by atoms with Crippen molar-refractivity contribution in [3.05, 3.63) is 82.5 Å². The van der Waals surface area contributed by atoms with Gasteiger partial charge in [0.25, 0.3) is 11.8 Å². The van der Waals surface area contributed by atoms with Crippen LogP contribution in [0.1, 0.15) is 20.7 Å². The third-order valence-corrected chi connectivity index (χ3v) is 4.54. The summed E-state index contributed by atoms with van der Waals surface area (Å²) in [5.41, 5.74) is 1.20. The number of amides is 2. The zero-order valence-corrected chi connectivity index (χ0v) is 18.0. The minimum Gasteiger partial charge on any atom is -0.468 e. The van der Waals surface area contributed by atoms with Gasteiger partial charge < -0.3 is 20.1 Å². The highest BCUT2D eigenvalue weighted by Crippen LogP contribution is 2.23. The highest BCUT2D eigenvalue weighted by atomic mass is 79.9. The SMILES string of the molecule is COC(=O)CNC(=O)c1ccc(NC(=O)c2ccc(Oc3cccc(Br)c3)nc2)cc1. The molecule has 0 saturated heterocycles. The van der Waals surface area contributed by atoms with Crippen LogP contribution in [0.3, 0.4) is 0 Å². The van der Waals surface area contributed by atoms with E-state index < -0.39 is 11.9 Å². The predicted molar refractivity (Wildman–Crippen MR) is 117 cm³/mol. The summed E-state index contributed by atoms with van der Waals surface area (Å²) in [6.07, 6.45) is 1.41. The number of benzene rings is 2. The number of nitrogens with one attached hydrogen (secondary N) is 2. The van der Waals surface area contributed by atoms with Crippen LogP contribution in [0.15, 0.2) is 71.3 Å². The van der Waals surface area contributed by atoms with Crippen LogP contribution in [0.5, 0.6) is 11.6 Å². The average molecular weight is 484 g/mol. The number of hydrogen-bond donors (Lipinski definition) is 2. The molecule has 2 aromatic carbocycles. The van der Waals surface area contributed by atoms with Crippen LogP contribution in [-0.4, -0.2) is 36.4 Å². The minimum atomic E-state index is -0.543. The quantitative estimate of drug-likeness (QED) is 0.495. The van der Waals surface area contributed by atoms with Gasteiger partial charge in [0.1, 0.15) is 12.3 Å². The number of carbonyl (C=O) groups excluding carboxylic acids is 3. The van der Waals surface area contributed by atoms with Crippen molar-refractivity contribution in [2.24, 2.45) is 0 Å². The number of esters is 1. The summed E-state index contributed by atoms with van der Waals surface area (Å²) in [6, 6.07) is 16.8. The molecule has 0 aliphatic heterocycles. The van der Waals surface area contributed by atoms with Gasteiger partial charge in [-0.15, -0.1) is 0 Å². The first-order valence-corrected chi connectivity index (χ1v) is 9.90. The van der Waals surface area contributed by atoms with Crippen molar-refractivity contribution in [2.75, 3.05) is 19.0 Å². The first-order chi connectivity index (χ1) is 14.9. The molecule has 0 atom stereocenters. The highest BCUT2D eigenvalue weighted by molar-refractivity contribution is 9.10. The smallest absolute Gasteiger partial charge is 0.325 e. The van der Waals surface area contributed by atoms with Crippen molar-refractivity contribution in [1.29, 1.82) is 0 Å². The molecule has 0 fully saturated rings. The second-order valence-corrected chi connectivity index (χ2v) is 7.15. The molecule has 9 heteroatoms. The van der Waals surface area contributed by atoms with Gasteiger partial charge in [0, 0.05) is 28.0 Å². The van der Waals surface area contributed by atoms with Crippen molar-refractivity contribution >= 4 is 39.4 Å². The number of aromatic nitrogens is 1. The van der Waals surface area contributed by atoms with Gasteiger partial charge in [0.05, 0.1) is 12.7 Å². The largest absolute Gasteiger partial charge is 0.468 e. The van der Waals surface area contributed by atoms with Gasteiger partial charge in [-0.2, -0.15) is 0 Å². The lowest BCUT2D eigenvalue weighted by atomic mass is 10.2. The van der Waals surface area contributed by atoms with Crippen LogP contribution in [0, 0.1) is 0 Å². The Hall–Kier alpha value is -3.72. The maximum Gasteiger partial charge on any atom is 0.325 e. The summed E-state index contributed by atoms with van der Waals surface area (Å²) in [4.78, 5) is 39.6. The molecule has 2 amide bonds. The fourth-order valence-electron chi connectivity index (χ4n) is 2.46. The number of halogens is 1. The van der Waals surface area contributed by atoms with E-state index in [2.05, 4.69) is 36.3 Å². The van der Waals surface area contributed by atoms with Gasteiger partial charge in [0.2, 0.25) is 5.88 Å². The molecule has 0 radical (unpaired) electrons. The first-order valence-electron chi connectivity index (χ1n) is 9.10. The van der Waals surface area contributed by atoms with E-state index >= 15 is 0 Å². The molecule has 1 heterocycles. The summed E-state index contributed by atoms with van der Waals surface area (Å²) < 4.78 is 11.0. The van der Waals surface area contributed by atoms with E-state index in [1.807, 2.05) is 18.2 Å². The fourth-order valence-corrected chi connectivity index (χ4v) is 2.84. The van der Waals surface area contributed by atoms with Crippen molar-refractivity contribution in [2.45, 2.75) is 0 Å². The molecule has 2 N–H and O–H groups in total. The lowest BCUT2D eigenvalue weighted by molar-refractivity contribution is -0.139. The van der Waals surface area contributed by atoms with Gasteiger partial charge in [-0.1, -0.05) is 22.0 Å². The molecule has 0 bridgehead atoms. The fraction of sp³-hybridized carbons (Fsp3) is 0.0909. The molecule has 158 valence electrons. The first kappa shape index (κ1) is 22.0. The Labute approximate surface area is 186 Å². The standard InChI is InChI=1S/C22H18BrN3O5/c1-30-20(27)13-25-21(28)14-5-8-17(9-6-14)26-22(29)15-7-10-19(24-12-15)31-18-4-2-3-16(23)11-18/h2-12H,13H2,1H3,(H,25,28)(H,26,29). The Morgan fingerprint density at radius 2 is 1.71 bits per heavy atom. The average Bonchev–Trinajstić information content (AvgIpc) is 2.78. The zero-order valence-electron chi connectivity index (χ0n) is 16.4. The van der Waals surface area contributed by atoms with Crippen molar-refractivity contribution in [1.82, 2.24) is 10.3 Å². The summed E-state index contributed by atoms with van der Waals surface area (Å²) in [6.45, 7) is -0.220. The normalized spacial score (nSPS) is 10.1. The van der Waals surface area contributed by atoms with Gasteiger partial charge in [0.15, 0.2) is 0 Å². The van der Waals surface area contributed by atoms with E-state index in [-0.39, 0.29) is 12.5 Å². The maximum absolute atomic E-state index is 12.4. The van der Waals surface area contributed by atoms with E-state index in [1.165, 1.54) is 25.4 Å². The van der Waals surface area contributed by atoms with E-state index in [9.17, 15) is 14.4 Å². The number of methoxy groups -OCH3 is 1.